The molecule has 1 aliphatic carbocycles. The van der Waals surface area contributed by atoms with Crippen molar-refractivity contribution in [2.45, 2.75) is 58.1 Å². The van der Waals surface area contributed by atoms with Crippen LogP contribution in [0.2, 0.25) is 0 Å². The summed E-state index contributed by atoms with van der Waals surface area (Å²) < 4.78 is 0. The molecule has 0 aromatic carbocycles. The molecule has 2 rings (SSSR count). The zero-order chi connectivity index (χ0) is 10.2. The largest absolute Gasteiger partial charge is 0.391 e. The molecule has 2 nitrogen and oxygen atoms in total. The molecule has 0 unspecified atom stereocenters. The maximum Gasteiger partial charge on any atom is 0.0695 e. The predicted molar refractivity (Wildman–Crippen MR) is 58.2 cm³/mol. The minimum atomic E-state index is -0.0401. The zero-order valence-electron chi connectivity index (χ0n) is 9.50. The third-order valence-electron chi connectivity index (χ3n) is 4.49. The van der Waals surface area contributed by atoms with E-state index in [-0.39, 0.29) is 6.10 Å². The highest BCUT2D eigenvalue weighted by Gasteiger charge is 2.45. The smallest absolute Gasteiger partial charge is 0.0695 e. The van der Waals surface area contributed by atoms with E-state index in [1.165, 1.54) is 38.8 Å². The average Bonchev–Trinajstić information content (AvgIpc) is 2.52. The molecule has 1 N–H and O–H groups in total. The van der Waals surface area contributed by atoms with E-state index >= 15 is 0 Å². The molecular formula is C12H23NO. The fourth-order valence-electron chi connectivity index (χ4n) is 3.09. The summed E-state index contributed by atoms with van der Waals surface area (Å²) >= 11 is 0. The first-order valence-corrected chi connectivity index (χ1v) is 6.13. The van der Waals surface area contributed by atoms with Crippen LogP contribution in [-0.4, -0.2) is 35.2 Å². The Morgan fingerprint density at radius 3 is 2.29 bits per heavy atom. The van der Waals surface area contributed by atoms with Crippen molar-refractivity contribution in [3.63, 3.8) is 0 Å². The van der Waals surface area contributed by atoms with Crippen molar-refractivity contribution in [2.24, 2.45) is 5.41 Å². The van der Waals surface area contributed by atoms with Gasteiger partial charge in [-0.05, 0) is 37.5 Å². The molecule has 14 heavy (non-hydrogen) atoms. The zero-order valence-corrected chi connectivity index (χ0v) is 9.50. The molecule has 1 saturated heterocycles. The highest BCUT2D eigenvalue weighted by molar-refractivity contribution is 4.99. The van der Waals surface area contributed by atoms with E-state index in [4.69, 9.17) is 0 Å². The summed E-state index contributed by atoms with van der Waals surface area (Å²) in [5, 5.41) is 9.80. The molecule has 2 heteroatoms. The Labute approximate surface area is 87.3 Å². The van der Waals surface area contributed by atoms with Gasteiger partial charge in [-0.3, -0.25) is 4.90 Å². The molecule has 2 fully saturated rings. The van der Waals surface area contributed by atoms with E-state index in [0.29, 0.717) is 11.5 Å². The summed E-state index contributed by atoms with van der Waals surface area (Å²) in [6, 6.07) is 0.487. The van der Waals surface area contributed by atoms with Gasteiger partial charge >= 0.3 is 0 Å². The lowest BCUT2D eigenvalue weighted by atomic mass is 9.74. The molecule has 0 radical (unpaired) electrons. The summed E-state index contributed by atoms with van der Waals surface area (Å²) in [6.45, 7) is 7.04. The Morgan fingerprint density at radius 2 is 1.86 bits per heavy atom. The summed E-state index contributed by atoms with van der Waals surface area (Å²) in [7, 11) is 0. The van der Waals surface area contributed by atoms with Crippen LogP contribution in [0, 0.1) is 5.41 Å². The average molecular weight is 197 g/mol. The van der Waals surface area contributed by atoms with E-state index in [0.717, 1.165) is 6.42 Å². The van der Waals surface area contributed by atoms with Crippen molar-refractivity contribution in [2.75, 3.05) is 13.1 Å². The van der Waals surface area contributed by atoms with Gasteiger partial charge in [0, 0.05) is 19.1 Å². The van der Waals surface area contributed by atoms with E-state index < -0.39 is 0 Å². The Balaban J connectivity index is 1.87. The summed E-state index contributed by atoms with van der Waals surface area (Å²) in [4.78, 5) is 2.50. The Morgan fingerprint density at radius 1 is 1.21 bits per heavy atom. The number of aliphatic hydroxyl groups excluding tert-OH is 1. The lowest BCUT2D eigenvalue weighted by molar-refractivity contribution is -0.0639. The van der Waals surface area contributed by atoms with Gasteiger partial charge in [-0.15, -0.1) is 0 Å². The van der Waals surface area contributed by atoms with Crippen molar-refractivity contribution >= 4 is 0 Å². The van der Waals surface area contributed by atoms with Gasteiger partial charge in [0.15, 0.2) is 0 Å². The number of aliphatic hydroxyl groups is 1. The maximum absolute atomic E-state index is 9.80. The van der Waals surface area contributed by atoms with E-state index in [2.05, 4.69) is 18.7 Å². The summed E-state index contributed by atoms with van der Waals surface area (Å²) in [5.74, 6) is 0. The van der Waals surface area contributed by atoms with Crippen LogP contribution in [0.4, 0.5) is 0 Å². The molecule has 2 atom stereocenters. The second kappa shape index (κ2) is 3.82. The lowest BCUT2D eigenvalue weighted by Gasteiger charge is -2.53. The van der Waals surface area contributed by atoms with Crippen LogP contribution in [-0.2, 0) is 0 Å². The number of likely N-dealkylation sites (tertiary alicyclic amines) is 1. The Kier molecular flexibility index (Phi) is 2.85. The van der Waals surface area contributed by atoms with Gasteiger partial charge in [-0.1, -0.05) is 13.8 Å². The molecule has 1 saturated carbocycles. The van der Waals surface area contributed by atoms with Gasteiger partial charge in [0.25, 0.3) is 0 Å². The fraction of sp³-hybridized carbons (Fsp3) is 1.00. The van der Waals surface area contributed by atoms with Gasteiger partial charge in [-0.2, -0.15) is 0 Å². The fourth-order valence-corrected chi connectivity index (χ4v) is 3.09. The third-order valence-corrected chi connectivity index (χ3v) is 4.49. The van der Waals surface area contributed by atoms with Crippen molar-refractivity contribution < 1.29 is 5.11 Å². The second-order valence-corrected chi connectivity index (χ2v) is 5.18. The van der Waals surface area contributed by atoms with Gasteiger partial charge in [0.1, 0.15) is 0 Å². The maximum atomic E-state index is 9.80. The van der Waals surface area contributed by atoms with Crippen LogP contribution in [0.15, 0.2) is 0 Å². The second-order valence-electron chi connectivity index (χ2n) is 5.18. The number of rotatable bonds is 3. The van der Waals surface area contributed by atoms with Gasteiger partial charge in [0.05, 0.1) is 6.10 Å². The third kappa shape index (κ3) is 1.59. The monoisotopic (exact) mass is 197 g/mol. The van der Waals surface area contributed by atoms with E-state index in [9.17, 15) is 5.11 Å². The Bertz CT molecular complexity index is 192. The lowest BCUT2D eigenvalue weighted by Crippen LogP contribution is -2.60. The van der Waals surface area contributed by atoms with Crippen molar-refractivity contribution in [1.29, 1.82) is 0 Å². The first-order valence-electron chi connectivity index (χ1n) is 6.13. The van der Waals surface area contributed by atoms with Crippen LogP contribution in [0.5, 0.6) is 0 Å². The summed E-state index contributed by atoms with van der Waals surface area (Å²) in [6.07, 6.45) is 6.00. The first kappa shape index (κ1) is 10.4. The van der Waals surface area contributed by atoms with E-state index in [1.54, 1.807) is 0 Å². The van der Waals surface area contributed by atoms with Gasteiger partial charge in [-0.25, -0.2) is 0 Å². The van der Waals surface area contributed by atoms with Crippen molar-refractivity contribution in [3.8, 4) is 0 Å². The predicted octanol–water partition coefficient (Wildman–Crippen LogP) is 2.02. The Hall–Kier alpha value is -0.0800. The SMILES string of the molecule is CCC1(CC)CN([C@H]2CCC[C@@H]2O)C1. The molecule has 0 spiro atoms. The molecule has 0 aromatic rings. The summed E-state index contributed by atoms with van der Waals surface area (Å²) in [5.41, 5.74) is 0.586. The number of nitrogens with zero attached hydrogens (tertiary/aromatic N) is 1. The molecular weight excluding hydrogens is 174 g/mol. The van der Waals surface area contributed by atoms with Crippen LogP contribution in [0.3, 0.4) is 0 Å². The van der Waals surface area contributed by atoms with Gasteiger partial charge < -0.3 is 5.11 Å². The molecule has 1 heterocycles. The normalized spacial score (nSPS) is 37.1. The van der Waals surface area contributed by atoms with Crippen molar-refractivity contribution in [1.82, 2.24) is 4.90 Å². The first-order chi connectivity index (χ1) is 6.71. The molecule has 82 valence electrons. The number of hydrogen-bond donors (Lipinski definition) is 1. The highest BCUT2D eigenvalue weighted by Crippen LogP contribution is 2.41. The highest BCUT2D eigenvalue weighted by atomic mass is 16.3. The van der Waals surface area contributed by atoms with Crippen LogP contribution >= 0.6 is 0 Å². The van der Waals surface area contributed by atoms with E-state index in [1.807, 2.05) is 0 Å². The van der Waals surface area contributed by atoms with Crippen LogP contribution < -0.4 is 0 Å². The minimum Gasteiger partial charge on any atom is -0.391 e. The minimum absolute atomic E-state index is 0.0401. The topological polar surface area (TPSA) is 23.5 Å². The van der Waals surface area contributed by atoms with Gasteiger partial charge in [0.2, 0.25) is 0 Å². The van der Waals surface area contributed by atoms with Crippen LogP contribution in [0.25, 0.3) is 0 Å². The quantitative estimate of drug-likeness (QED) is 0.748. The molecule has 0 bridgehead atoms. The van der Waals surface area contributed by atoms with Crippen molar-refractivity contribution in [3.05, 3.63) is 0 Å². The standard InChI is InChI=1S/C12H23NO/c1-3-12(4-2)8-13(9-12)10-6-5-7-11(10)14/h10-11,14H,3-9H2,1-2H3/t10-,11-/m0/s1. The molecule has 2 aliphatic rings. The molecule has 0 amide bonds. The molecule has 0 aromatic heterocycles. The molecule has 1 aliphatic heterocycles. The number of hydrogen-bond acceptors (Lipinski definition) is 2. The van der Waals surface area contributed by atoms with Crippen LogP contribution in [0.1, 0.15) is 46.0 Å².